The summed E-state index contributed by atoms with van der Waals surface area (Å²) in [6.45, 7) is 4.29. The molecule has 0 radical (unpaired) electrons. The Labute approximate surface area is 137 Å². The highest BCUT2D eigenvalue weighted by Crippen LogP contribution is 2.09. The Morgan fingerprint density at radius 1 is 1.18 bits per heavy atom. The van der Waals surface area contributed by atoms with Crippen molar-refractivity contribution >= 4 is 23.2 Å². The van der Waals surface area contributed by atoms with Crippen LogP contribution in [0, 0.1) is 0 Å². The molecule has 4 nitrogen and oxygen atoms in total. The summed E-state index contributed by atoms with van der Waals surface area (Å²) < 4.78 is 5.20. The van der Waals surface area contributed by atoms with Gasteiger partial charge in [-0.3, -0.25) is 4.79 Å². The van der Waals surface area contributed by atoms with Gasteiger partial charge in [0.2, 0.25) is 0 Å². The molecule has 1 amide bonds. The number of esters is 1. The lowest BCUT2D eigenvalue weighted by molar-refractivity contribution is -0.145. The second kappa shape index (κ2) is 11.2. The standard InChI is InChI=1S/C17H27NO3S/c1-3-4-5-6-7-8-9-12-21-17(20)14(2)18-16(19)15-11-10-13-22-15/h10-11,13-14H,3-9,12H2,1-2H3,(H,18,19). The van der Waals surface area contributed by atoms with Gasteiger partial charge in [0, 0.05) is 0 Å². The van der Waals surface area contributed by atoms with E-state index in [2.05, 4.69) is 12.2 Å². The number of carbonyl (C=O) groups is 2. The summed E-state index contributed by atoms with van der Waals surface area (Å²) >= 11 is 1.35. The van der Waals surface area contributed by atoms with E-state index < -0.39 is 6.04 Å². The first-order valence-electron chi connectivity index (χ1n) is 8.16. The topological polar surface area (TPSA) is 55.4 Å². The van der Waals surface area contributed by atoms with Gasteiger partial charge in [0.25, 0.3) is 5.91 Å². The van der Waals surface area contributed by atoms with Crippen LogP contribution in [0.1, 0.15) is 68.5 Å². The van der Waals surface area contributed by atoms with Crippen LogP contribution in [0.4, 0.5) is 0 Å². The SMILES string of the molecule is CCCCCCCCCOC(=O)C(C)NC(=O)c1cccs1. The number of amides is 1. The van der Waals surface area contributed by atoms with Crippen LogP contribution in [0.2, 0.25) is 0 Å². The number of thiophene rings is 1. The maximum atomic E-state index is 11.8. The highest BCUT2D eigenvalue weighted by atomic mass is 32.1. The van der Waals surface area contributed by atoms with Gasteiger partial charge in [0.1, 0.15) is 6.04 Å². The van der Waals surface area contributed by atoms with Crippen molar-refractivity contribution < 1.29 is 14.3 Å². The summed E-state index contributed by atoms with van der Waals surface area (Å²) in [6.07, 6.45) is 8.29. The van der Waals surface area contributed by atoms with Crippen molar-refractivity contribution in [2.75, 3.05) is 6.61 Å². The van der Waals surface area contributed by atoms with E-state index in [0.717, 1.165) is 12.8 Å². The van der Waals surface area contributed by atoms with Gasteiger partial charge in [0.15, 0.2) is 0 Å². The van der Waals surface area contributed by atoms with Crippen LogP contribution in [0.15, 0.2) is 17.5 Å². The minimum atomic E-state index is -0.612. The van der Waals surface area contributed by atoms with Crippen molar-refractivity contribution in [2.24, 2.45) is 0 Å². The van der Waals surface area contributed by atoms with Crippen LogP contribution >= 0.6 is 11.3 Å². The van der Waals surface area contributed by atoms with Gasteiger partial charge in [-0.25, -0.2) is 4.79 Å². The molecule has 0 spiro atoms. The Morgan fingerprint density at radius 3 is 2.50 bits per heavy atom. The van der Waals surface area contributed by atoms with Crippen LogP contribution < -0.4 is 5.32 Å². The molecule has 0 aliphatic rings. The lowest BCUT2D eigenvalue weighted by Crippen LogP contribution is -2.39. The predicted octanol–water partition coefficient (Wildman–Crippen LogP) is 4.16. The molecule has 0 fully saturated rings. The molecule has 0 aliphatic carbocycles. The third-order valence-electron chi connectivity index (χ3n) is 3.44. The molecule has 1 aromatic rings. The van der Waals surface area contributed by atoms with Gasteiger partial charge in [-0.1, -0.05) is 51.5 Å². The third kappa shape index (κ3) is 7.59. The lowest BCUT2D eigenvalue weighted by Gasteiger charge is -2.12. The van der Waals surface area contributed by atoms with Gasteiger partial charge in [-0.2, -0.15) is 0 Å². The molecule has 1 N–H and O–H groups in total. The van der Waals surface area contributed by atoms with E-state index in [1.54, 1.807) is 13.0 Å². The fourth-order valence-corrected chi connectivity index (χ4v) is 2.72. The molecular formula is C17H27NO3S. The van der Waals surface area contributed by atoms with Crippen molar-refractivity contribution in [3.05, 3.63) is 22.4 Å². The molecule has 5 heteroatoms. The van der Waals surface area contributed by atoms with E-state index in [-0.39, 0.29) is 11.9 Å². The Balaban J connectivity index is 2.08. The summed E-state index contributed by atoms with van der Waals surface area (Å²) in [5.41, 5.74) is 0. The average Bonchev–Trinajstić information content (AvgIpc) is 3.04. The highest BCUT2D eigenvalue weighted by molar-refractivity contribution is 7.12. The Hall–Kier alpha value is -1.36. The summed E-state index contributed by atoms with van der Waals surface area (Å²) in [6, 6.07) is 2.93. The molecule has 1 atom stereocenters. The Kier molecular flexibility index (Phi) is 9.55. The highest BCUT2D eigenvalue weighted by Gasteiger charge is 2.18. The molecule has 1 heterocycles. The summed E-state index contributed by atoms with van der Waals surface area (Å²) in [4.78, 5) is 24.2. The summed E-state index contributed by atoms with van der Waals surface area (Å²) in [7, 11) is 0. The number of hydrogen-bond donors (Lipinski definition) is 1. The monoisotopic (exact) mass is 325 g/mol. The second-order valence-corrected chi connectivity index (χ2v) is 6.41. The minimum absolute atomic E-state index is 0.227. The molecule has 0 aliphatic heterocycles. The van der Waals surface area contributed by atoms with Crippen molar-refractivity contribution in [1.29, 1.82) is 0 Å². The lowest BCUT2D eigenvalue weighted by atomic mass is 10.1. The molecule has 0 saturated heterocycles. The van der Waals surface area contributed by atoms with E-state index in [9.17, 15) is 9.59 Å². The van der Waals surface area contributed by atoms with E-state index in [0.29, 0.717) is 11.5 Å². The Morgan fingerprint density at radius 2 is 1.86 bits per heavy atom. The Bertz CT molecular complexity index is 431. The first kappa shape index (κ1) is 18.7. The predicted molar refractivity (Wildman–Crippen MR) is 90.2 cm³/mol. The summed E-state index contributed by atoms with van der Waals surface area (Å²) in [5, 5.41) is 4.49. The van der Waals surface area contributed by atoms with Crippen LogP contribution in [-0.2, 0) is 9.53 Å². The molecule has 1 aromatic heterocycles. The van der Waals surface area contributed by atoms with E-state index >= 15 is 0 Å². The number of carbonyl (C=O) groups excluding carboxylic acids is 2. The molecule has 124 valence electrons. The first-order valence-corrected chi connectivity index (χ1v) is 9.04. The van der Waals surface area contributed by atoms with E-state index in [1.165, 1.54) is 43.4 Å². The molecule has 1 rings (SSSR count). The van der Waals surface area contributed by atoms with Gasteiger partial charge >= 0.3 is 5.97 Å². The largest absolute Gasteiger partial charge is 0.464 e. The smallest absolute Gasteiger partial charge is 0.328 e. The van der Waals surface area contributed by atoms with Crippen molar-refractivity contribution in [3.63, 3.8) is 0 Å². The summed E-state index contributed by atoms with van der Waals surface area (Å²) in [5.74, 6) is -0.591. The number of rotatable bonds is 11. The second-order valence-electron chi connectivity index (χ2n) is 5.46. The zero-order valence-electron chi connectivity index (χ0n) is 13.6. The van der Waals surface area contributed by atoms with Crippen LogP contribution in [-0.4, -0.2) is 24.5 Å². The molecule has 0 aromatic carbocycles. The third-order valence-corrected chi connectivity index (χ3v) is 4.31. The van der Waals surface area contributed by atoms with Crippen LogP contribution in [0.5, 0.6) is 0 Å². The zero-order valence-corrected chi connectivity index (χ0v) is 14.4. The maximum Gasteiger partial charge on any atom is 0.328 e. The van der Waals surface area contributed by atoms with E-state index in [4.69, 9.17) is 4.74 Å². The quantitative estimate of drug-likeness (QED) is 0.491. The maximum absolute atomic E-state index is 11.8. The number of nitrogens with one attached hydrogen (secondary N) is 1. The van der Waals surface area contributed by atoms with Gasteiger partial charge in [-0.05, 0) is 24.8 Å². The fraction of sp³-hybridized carbons (Fsp3) is 0.647. The number of hydrogen-bond acceptors (Lipinski definition) is 4. The van der Waals surface area contributed by atoms with Crippen molar-refractivity contribution in [3.8, 4) is 0 Å². The normalized spacial score (nSPS) is 11.9. The number of unbranched alkanes of at least 4 members (excludes halogenated alkanes) is 6. The van der Waals surface area contributed by atoms with Crippen LogP contribution in [0.3, 0.4) is 0 Å². The first-order chi connectivity index (χ1) is 10.6. The van der Waals surface area contributed by atoms with E-state index in [1.807, 2.05) is 11.4 Å². The van der Waals surface area contributed by atoms with Crippen LogP contribution in [0.25, 0.3) is 0 Å². The minimum Gasteiger partial charge on any atom is -0.464 e. The molecule has 1 unspecified atom stereocenters. The van der Waals surface area contributed by atoms with Gasteiger partial charge in [-0.15, -0.1) is 11.3 Å². The molecule has 0 bridgehead atoms. The molecule has 0 saturated carbocycles. The molecule has 22 heavy (non-hydrogen) atoms. The average molecular weight is 325 g/mol. The van der Waals surface area contributed by atoms with Gasteiger partial charge < -0.3 is 10.1 Å². The number of ether oxygens (including phenoxy) is 1. The van der Waals surface area contributed by atoms with Crippen molar-refractivity contribution in [2.45, 2.75) is 64.8 Å². The van der Waals surface area contributed by atoms with Gasteiger partial charge in [0.05, 0.1) is 11.5 Å². The molecular weight excluding hydrogens is 298 g/mol. The van der Waals surface area contributed by atoms with Crippen molar-refractivity contribution in [1.82, 2.24) is 5.32 Å². The zero-order chi connectivity index (χ0) is 16.2. The fourth-order valence-electron chi connectivity index (χ4n) is 2.09.